The fourth-order valence-corrected chi connectivity index (χ4v) is 3.35. The van der Waals surface area contributed by atoms with E-state index in [0.29, 0.717) is 18.9 Å². The number of carbonyl (C=O) groups is 1. The third-order valence-electron chi connectivity index (χ3n) is 3.07. The topological polar surface area (TPSA) is 84.5 Å². The number of nitrogens with one attached hydrogen (secondary N) is 2. The molecule has 0 spiro atoms. The predicted molar refractivity (Wildman–Crippen MR) is 90.3 cm³/mol. The van der Waals surface area contributed by atoms with E-state index in [9.17, 15) is 13.2 Å². The van der Waals surface area contributed by atoms with Gasteiger partial charge in [-0.1, -0.05) is 24.9 Å². The Hall–Kier alpha value is -1.31. The van der Waals surface area contributed by atoms with Gasteiger partial charge < -0.3 is 10.1 Å². The number of carbonyl (C=O) groups excluding carboxylic acids is 1. The largest absolute Gasteiger partial charge is 0.492 e. The zero-order valence-electron chi connectivity index (χ0n) is 13.6. The van der Waals surface area contributed by atoms with Crippen molar-refractivity contribution in [1.82, 2.24) is 10.0 Å². The van der Waals surface area contributed by atoms with Gasteiger partial charge in [0, 0.05) is 6.54 Å². The van der Waals surface area contributed by atoms with Crippen LogP contribution < -0.4 is 14.8 Å². The van der Waals surface area contributed by atoms with Crippen molar-refractivity contribution in [3.05, 3.63) is 23.2 Å². The zero-order chi connectivity index (χ0) is 17.5. The van der Waals surface area contributed by atoms with Gasteiger partial charge >= 0.3 is 0 Å². The molecule has 1 aromatic carbocycles. The average molecular weight is 363 g/mol. The second-order valence-electron chi connectivity index (χ2n) is 5.01. The lowest BCUT2D eigenvalue weighted by Gasteiger charge is -2.15. The number of ether oxygens (including phenoxy) is 1. The van der Waals surface area contributed by atoms with Crippen molar-refractivity contribution in [2.75, 3.05) is 13.2 Å². The summed E-state index contributed by atoms with van der Waals surface area (Å²) in [5.74, 6) is 0.0533. The molecular weight excluding hydrogens is 340 g/mol. The summed E-state index contributed by atoms with van der Waals surface area (Å²) in [6, 6.07) is 3.31. The molecule has 0 unspecified atom stereocenters. The zero-order valence-corrected chi connectivity index (χ0v) is 15.1. The second kappa shape index (κ2) is 9.10. The van der Waals surface area contributed by atoms with E-state index in [1.165, 1.54) is 25.1 Å². The van der Waals surface area contributed by atoms with E-state index in [4.69, 9.17) is 16.3 Å². The Balaban J connectivity index is 2.78. The molecule has 0 aliphatic heterocycles. The van der Waals surface area contributed by atoms with Crippen LogP contribution in [0.15, 0.2) is 23.1 Å². The van der Waals surface area contributed by atoms with Gasteiger partial charge in [0.2, 0.25) is 15.9 Å². The molecule has 0 saturated heterocycles. The first-order chi connectivity index (χ1) is 10.8. The highest BCUT2D eigenvalue weighted by atomic mass is 35.5. The molecule has 0 aromatic heterocycles. The van der Waals surface area contributed by atoms with Crippen LogP contribution in [0.25, 0.3) is 0 Å². The maximum absolute atomic E-state index is 12.3. The van der Waals surface area contributed by atoms with Crippen molar-refractivity contribution < 1.29 is 17.9 Å². The van der Waals surface area contributed by atoms with Crippen LogP contribution in [0.1, 0.15) is 33.6 Å². The molecule has 0 aliphatic rings. The SMILES string of the molecule is CCCCNC(=O)[C@@H](C)NS(=O)(=O)c1ccc(OCC)c(Cl)c1. The van der Waals surface area contributed by atoms with Gasteiger partial charge in [-0.2, -0.15) is 4.72 Å². The Morgan fingerprint density at radius 3 is 2.61 bits per heavy atom. The van der Waals surface area contributed by atoms with Crippen molar-refractivity contribution in [2.45, 2.75) is 44.6 Å². The highest BCUT2D eigenvalue weighted by Crippen LogP contribution is 2.27. The molecule has 23 heavy (non-hydrogen) atoms. The number of benzene rings is 1. The summed E-state index contributed by atoms with van der Waals surface area (Å²) in [4.78, 5) is 11.8. The maximum Gasteiger partial charge on any atom is 0.241 e. The van der Waals surface area contributed by atoms with E-state index in [1.54, 1.807) is 6.92 Å². The molecule has 8 heteroatoms. The number of hydrogen-bond donors (Lipinski definition) is 2. The molecule has 1 amide bonds. The number of halogens is 1. The molecule has 6 nitrogen and oxygen atoms in total. The monoisotopic (exact) mass is 362 g/mol. The standard InChI is InChI=1S/C15H23ClN2O4S/c1-4-6-9-17-15(19)11(3)18-23(20,21)12-7-8-14(22-5-2)13(16)10-12/h7-8,10-11,18H,4-6,9H2,1-3H3,(H,17,19)/t11-/m1/s1. The first-order valence-corrected chi connectivity index (χ1v) is 9.40. The van der Waals surface area contributed by atoms with Crippen LogP contribution in [-0.2, 0) is 14.8 Å². The molecule has 0 fully saturated rings. The quantitative estimate of drug-likeness (QED) is 0.660. The van der Waals surface area contributed by atoms with Crippen molar-refractivity contribution in [2.24, 2.45) is 0 Å². The molecule has 1 aromatic rings. The van der Waals surface area contributed by atoms with Crippen molar-refractivity contribution in [3.63, 3.8) is 0 Å². The van der Waals surface area contributed by atoms with Crippen LogP contribution in [0, 0.1) is 0 Å². The number of unbranched alkanes of at least 4 members (excludes halogenated alkanes) is 1. The van der Waals surface area contributed by atoms with Crippen LogP contribution in [0.5, 0.6) is 5.75 Å². The fraction of sp³-hybridized carbons (Fsp3) is 0.533. The minimum Gasteiger partial charge on any atom is -0.492 e. The number of amides is 1. The smallest absolute Gasteiger partial charge is 0.241 e. The van der Waals surface area contributed by atoms with Crippen LogP contribution in [0.2, 0.25) is 5.02 Å². The molecule has 0 bridgehead atoms. The molecule has 0 saturated carbocycles. The molecule has 1 rings (SSSR count). The first kappa shape index (κ1) is 19.7. The Bertz CT molecular complexity index is 634. The van der Waals surface area contributed by atoms with Gasteiger partial charge in [-0.15, -0.1) is 0 Å². The van der Waals surface area contributed by atoms with E-state index in [1.807, 2.05) is 6.92 Å². The van der Waals surface area contributed by atoms with E-state index in [2.05, 4.69) is 10.0 Å². The van der Waals surface area contributed by atoms with Crippen molar-refractivity contribution in [1.29, 1.82) is 0 Å². The van der Waals surface area contributed by atoms with Gasteiger partial charge in [0.1, 0.15) is 5.75 Å². The molecule has 1 atom stereocenters. The van der Waals surface area contributed by atoms with E-state index in [0.717, 1.165) is 12.8 Å². The van der Waals surface area contributed by atoms with Gasteiger partial charge in [0.15, 0.2) is 0 Å². The summed E-state index contributed by atoms with van der Waals surface area (Å²) < 4.78 is 32.2. The van der Waals surface area contributed by atoms with E-state index < -0.39 is 16.1 Å². The summed E-state index contributed by atoms with van der Waals surface area (Å²) in [6.45, 7) is 6.26. The highest BCUT2D eigenvalue weighted by Gasteiger charge is 2.22. The minimum atomic E-state index is -3.84. The van der Waals surface area contributed by atoms with Gasteiger partial charge in [-0.3, -0.25) is 4.79 Å². The van der Waals surface area contributed by atoms with E-state index >= 15 is 0 Å². The Labute approximate surface area is 142 Å². The molecule has 2 N–H and O–H groups in total. The van der Waals surface area contributed by atoms with Crippen molar-refractivity contribution in [3.8, 4) is 5.75 Å². The Morgan fingerprint density at radius 1 is 1.35 bits per heavy atom. The molecule has 0 heterocycles. The minimum absolute atomic E-state index is 0.0147. The normalized spacial score (nSPS) is 12.7. The summed E-state index contributed by atoms with van der Waals surface area (Å²) in [5.41, 5.74) is 0. The Morgan fingerprint density at radius 2 is 2.04 bits per heavy atom. The van der Waals surface area contributed by atoms with Crippen LogP contribution in [0.3, 0.4) is 0 Å². The van der Waals surface area contributed by atoms with Crippen LogP contribution >= 0.6 is 11.6 Å². The predicted octanol–water partition coefficient (Wildman–Crippen LogP) is 2.32. The maximum atomic E-state index is 12.3. The van der Waals surface area contributed by atoms with Gasteiger partial charge in [-0.25, -0.2) is 8.42 Å². The third kappa shape index (κ3) is 6.01. The average Bonchev–Trinajstić information content (AvgIpc) is 2.49. The second-order valence-corrected chi connectivity index (χ2v) is 7.13. The lowest BCUT2D eigenvalue weighted by atomic mass is 10.3. The number of rotatable bonds is 9. The lowest BCUT2D eigenvalue weighted by molar-refractivity contribution is -0.122. The molecule has 0 radical (unpaired) electrons. The van der Waals surface area contributed by atoms with Crippen molar-refractivity contribution >= 4 is 27.5 Å². The summed E-state index contributed by atoms with van der Waals surface area (Å²) >= 11 is 6.00. The summed E-state index contributed by atoms with van der Waals surface area (Å²) in [5, 5.41) is 2.89. The summed E-state index contributed by atoms with van der Waals surface area (Å²) in [7, 11) is -3.84. The van der Waals surface area contributed by atoms with Gasteiger partial charge in [0.25, 0.3) is 0 Å². The number of hydrogen-bond acceptors (Lipinski definition) is 4. The van der Waals surface area contributed by atoms with Gasteiger partial charge in [-0.05, 0) is 38.5 Å². The first-order valence-electron chi connectivity index (χ1n) is 7.54. The fourth-order valence-electron chi connectivity index (χ4n) is 1.82. The van der Waals surface area contributed by atoms with Crippen LogP contribution in [0.4, 0.5) is 0 Å². The Kier molecular flexibility index (Phi) is 7.81. The highest BCUT2D eigenvalue weighted by molar-refractivity contribution is 7.89. The molecule has 0 aliphatic carbocycles. The third-order valence-corrected chi connectivity index (χ3v) is 4.90. The molecular formula is C15H23ClN2O4S. The lowest BCUT2D eigenvalue weighted by Crippen LogP contribution is -2.44. The summed E-state index contributed by atoms with van der Waals surface area (Å²) in [6.07, 6.45) is 1.80. The number of sulfonamides is 1. The molecule has 130 valence electrons. The van der Waals surface area contributed by atoms with E-state index in [-0.39, 0.29) is 15.8 Å². The van der Waals surface area contributed by atoms with Crippen LogP contribution in [-0.4, -0.2) is 33.5 Å². The van der Waals surface area contributed by atoms with Gasteiger partial charge in [0.05, 0.1) is 22.6 Å².